The van der Waals surface area contributed by atoms with Crippen molar-refractivity contribution in [1.82, 2.24) is 9.80 Å². The summed E-state index contributed by atoms with van der Waals surface area (Å²) in [5.41, 5.74) is 3.59. The van der Waals surface area contributed by atoms with Crippen LogP contribution in [0.3, 0.4) is 0 Å². The van der Waals surface area contributed by atoms with Gasteiger partial charge in [0.05, 0.1) is 11.6 Å². The zero-order valence-electron chi connectivity index (χ0n) is 16.2. The summed E-state index contributed by atoms with van der Waals surface area (Å²) in [5.74, 6) is 1.06. The zero-order chi connectivity index (χ0) is 20.4. The number of nitrogens with zero attached hydrogens (tertiary/aromatic N) is 2. The van der Waals surface area contributed by atoms with Gasteiger partial charge in [-0.25, -0.2) is 0 Å². The Kier molecular flexibility index (Phi) is 6.05. The van der Waals surface area contributed by atoms with Gasteiger partial charge in [0.15, 0.2) is 16.6 Å². The lowest BCUT2D eigenvalue weighted by Crippen LogP contribution is -2.26. The maximum atomic E-state index is 12.4. The van der Waals surface area contributed by atoms with Crippen LogP contribution in [0.15, 0.2) is 46.6 Å². The largest absolute Gasteiger partial charge is 0.493 e. The maximum Gasteiger partial charge on any atom is 0.276 e. The molecule has 1 saturated heterocycles. The van der Waals surface area contributed by atoms with Crippen molar-refractivity contribution < 1.29 is 14.3 Å². The first kappa shape index (κ1) is 20.4. The van der Waals surface area contributed by atoms with Gasteiger partial charge in [0.25, 0.3) is 5.91 Å². The van der Waals surface area contributed by atoms with Crippen molar-refractivity contribution in [2.24, 2.45) is 0 Å². The third kappa shape index (κ3) is 4.05. The molecule has 0 atom stereocenters. The van der Waals surface area contributed by atoms with Crippen LogP contribution in [0.5, 0.6) is 11.5 Å². The Bertz CT molecular complexity index is 957. The summed E-state index contributed by atoms with van der Waals surface area (Å²) < 4.78 is 12.2. The summed E-state index contributed by atoms with van der Waals surface area (Å²) in [6.07, 6.45) is 1.79. The van der Waals surface area contributed by atoms with Crippen LogP contribution in [-0.2, 0) is 11.4 Å². The van der Waals surface area contributed by atoms with Gasteiger partial charge in [-0.05, 0) is 64.4 Å². The lowest BCUT2D eigenvalue weighted by atomic mass is 10.1. The fourth-order valence-electron chi connectivity index (χ4n) is 2.85. The number of methoxy groups -OCH3 is 1. The fourth-order valence-corrected chi connectivity index (χ4v) is 3.61. The van der Waals surface area contributed by atoms with E-state index >= 15 is 0 Å². The van der Waals surface area contributed by atoms with Crippen LogP contribution in [0.2, 0.25) is 0 Å². The van der Waals surface area contributed by atoms with Crippen LogP contribution >= 0.6 is 28.1 Å². The van der Waals surface area contributed by atoms with E-state index in [1.807, 2.05) is 24.3 Å². The normalized spacial score (nSPS) is 15.5. The zero-order valence-corrected chi connectivity index (χ0v) is 18.6. The minimum Gasteiger partial charge on any atom is -0.493 e. The van der Waals surface area contributed by atoms with Gasteiger partial charge in [0.2, 0.25) is 0 Å². The molecule has 3 rings (SSSR count). The highest BCUT2D eigenvalue weighted by atomic mass is 79.9. The predicted octanol–water partition coefficient (Wildman–Crippen LogP) is 4.37. The van der Waals surface area contributed by atoms with E-state index in [0.29, 0.717) is 28.9 Å². The highest BCUT2D eigenvalue weighted by Gasteiger charge is 2.32. The Balaban J connectivity index is 1.87. The Morgan fingerprint density at radius 1 is 1.14 bits per heavy atom. The average Bonchev–Trinajstić information content (AvgIpc) is 2.86. The van der Waals surface area contributed by atoms with E-state index in [0.717, 1.165) is 15.6 Å². The van der Waals surface area contributed by atoms with E-state index in [4.69, 9.17) is 21.7 Å². The number of benzene rings is 2. The summed E-state index contributed by atoms with van der Waals surface area (Å²) in [5, 5.41) is 0.473. The van der Waals surface area contributed by atoms with E-state index in [-0.39, 0.29) is 5.91 Å². The molecule has 0 bridgehead atoms. The van der Waals surface area contributed by atoms with E-state index in [2.05, 4.69) is 35.0 Å². The smallest absolute Gasteiger partial charge is 0.276 e. The van der Waals surface area contributed by atoms with Crippen LogP contribution in [-0.4, -0.2) is 42.0 Å². The number of carbonyl (C=O) groups is 1. The van der Waals surface area contributed by atoms with Gasteiger partial charge in [-0.15, -0.1) is 0 Å². The summed E-state index contributed by atoms with van der Waals surface area (Å²) >= 11 is 8.81. The first-order chi connectivity index (χ1) is 13.3. The Morgan fingerprint density at radius 3 is 2.39 bits per heavy atom. The van der Waals surface area contributed by atoms with Crippen molar-refractivity contribution in [2.45, 2.75) is 13.5 Å². The molecular weight excluding hydrogens is 440 g/mol. The number of hydrogen-bond acceptors (Lipinski definition) is 4. The number of aryl methyl sites for hydroxylation is 1. The molecule has 0 aromatic heterocycles. The third-order valence-corrected chi connectivity index (χ3v) is 5.65. The molecule has 0 saturated carbocycles. The number of halogens is 1. The maximum absolute atomic E-state index is 12.4. The van der Waals surface area contributed by atoms with Crippen LogP contribution in [0, 0.1) is 6.92 Å². The molecule has 1 fully saturated rings. The summed E-state index contributed by atoms with van der Waals surface area (Å²) in [6, 6.07) is 11.9. The molecular formula is C21H21BrN2O3S. The minimum absolute atomic E-state index is 0.137. The molecule has 2 aromatic rings. The van der Waals surface area contributed by atoms with E-state index in [9.17, 15) is 4.79 Å². The number of rotatable bonds is 5. The van der Waals surface area contributed by atoms with Crippen LogP contribution in [0.4, 0.5) is 0 Å². The van der Waals surface area contributed by atoms with Gasteiger partial charge < -0.3 is 14.4 Å². The molecule has 0 aliphatic carbocycles. The standard InChI is InChI=1S/C21H21BrN2O3S/c1-13-5-7-14(8-6-13)12-27-19-16(22)9-15(11-18(19)26-4)10-17-20(25)24(3)21(28)23(17)2/h5-11H,12H2,1-4H3/b17-10-. The minimum atomic E-state index is -0.137. The summed E-state index contributed by atoms with van der Waals surface area (Å²) in [4.78, 5) is 15.5. The number of thiocarbonyl (C=S) groups is 1. The topological polar surface area (TPSA) is 42.0 Å². The highest BCUT2D eigenvalue weighted by Crippen LogP contribution is 2.38. The van der Waals surface area contributed by atoms with Gasteiger partial charge in [-0.1, -0.05) is 29.8 Å². The van der Waals surface area contributed by atoms with Crippen molar-refractivity contribution in [3.63, 3.8) is 0 Å². The van der Waals surface area contributed by atoms with Gasteiger partial charge in [0.1, 0.15) is 12.3 Å². The van der Waals surface area contributed by atoms with Crippen molar-refractivity contribution >= 4 is 45.2 Å². The molecule has 1 aliphatic rings. The van der Waals surface area contributed by atoms with Crippen molar-refractivity contribution in [3.05, 3.63) is 63.3 Å². The first-order valence-electron chi connectivity index (χ1n) is 8.65. The van der Waals surface area contributed by atoms with Gasteiger partial charge in [-0.2, -0.15) is 0 Å². The molecule has 28 heavy (non-hydrogen) atoms. The molecule has 7 heteroatoms. The Labute approximate surface area is 178 Å². The molecule has 1 amide bonds. The van der Waals surface area contributed by atoms with Crippen LogP contribution < -0.4 is 9.47 Å². The number of carbonyl (C=O) groups excluding carboxylic acids is 1. The number of likely N-dealkylation sites (N-methyl/N-ethyl adjacent to an activating group) is 2. The molecule has 146 valence electrons. The molecule has 1 aliphatic heterocycles. The van der Waals surface area contributed by atoms with E-state index < -0.39 is 0 Å². The SMILES string of the molecule is COc1cc(/C=C2/C(=O)N(C)C(=S)N2C)cc(Br)c1OCc1ccc(C)cc1. The predicted molar refractivity (Wildman–Crippen MR) is 117 cm³/mol. The fraction of sp³-hybridized carbons (Fsp3) is 0.238. The second-order valence-electron chi connectivity index (χ2n) is 6.54. The van der Waals surface area contributed by atoms with E-state index in [1.165, 1.54) is 10.5 Å². The van der Waals surface area contributed by atoms with Gasteiger partial charge in [-0.3, -0.25) is 9.69 Å². The van der Waals surface area contributed by atoms with Gasteiger partial charge >= 0.3 is 0 Å². The lowest BCUT2D eigenvalue weighted by Gasteiger charge is -2.15. The van der Waals surface area contributed by atoms with Crippen molar-refractivity contribution in [1.29, 1.82) is 0 Å². The monoisotopic (exact) mass is 460 g/mol. The molecule has 0 spiro atoms. The van der Waals surface area contributed by atoms with Crippen molar-refractivity contribution in [3.8, 4) is 11.5 Å². The first-order valence-corrected chi connectivity index (χ1v) is 9.85. The molecule has 2 aromatic carbocycles. The molecule has 0 N–H and O–H groups in total. The quantitative estimate of drug-likeness (QED) is 0.489. The second-order valence-corrected chi connectivity index (χ2v) is 7.76. The Morgan fingerprint density at radius 2 is 1.82 bits per heavy atom. The van der Waals surface area contributed by atoms with Gasteiger partial charge in [0, 0.05) is 14.1 Å². The molecule has 0 radical (unpaired) electrons. The number of amides is 1. The lowest BCUT2D eigenvalue weighted by molar-refractivity contribution is -0.121. The third-order valence-electron chi connectivity index (χ3n) is 4.52. The molecule has 0 unspecified atom stereocenters. The van der Waals surface area contributed by atoms with E-state index in [1.54, 1.807) is 32.2 Å². The summed E-state index contributed by atoms with van der Waals surface area (Å²) in [7, 11) is 5.04. The van der Waals surface area contributed by atoms with Crippen LogP contribution in [0.1, 0.15) is 16.7 Å². The second kappa shape index (κ2) is 8.32. The average molecular weight is 461 g/mol. The summed E-state index contributed by atoms with van der Waals surface area (Å²) in [6.45, 7) is 2.48. The van der Waals surface area contributed by atoms with Crippen LogP contribution in [0.25, 0.3) is 6.08 Å². The Hall–Kier alpha value is -2.38. The highest BCUT2D eigenvalue weighted by molar-refractivity contribution is 9.10. The molecule has 1 heterocycles. The van der Waals surface area contributed by atoms with Crippen molar-refractivity contribution in [2.75, 3.05) is 21.2 Å². The molecule has 5 nitrogen and oxygen atoms in total. The number of hydrogen-bond donors (Lipinski definition) is 0. The number of ether oxygens (including phenoxy) is 2.